The van der Waals surface area contributed by atoms with Crippen molar-refractivity contribution in [3.63, 3.8) is 0 Å². The van der Waals surface area contributed by atoms with Gasteiger partial charge in [0.05, 0.1) is 52.3 Å². The van der Waals surface area contributed by atoms with Crippen LogP contribution in [0, 0.1) is 0 Å². The lowest BCUT2D eigenvalue weighted by atomic mass is 10.2. The first-order valence-corrected chi connectivity index (χ1v) is 10.3. The number of ether oxygens (including phenoxy) is 1. The SMILES string of the molecule is COc1ccc(Cl)cc1N([C@H](C)C(=O)N1CC[NH+](C)CC1)S(C)(=O)=O. The minimum atomic E-state index is -3.72. The summed E-state index contributed by atoms with van der Waals surface area (Å²) < 4.78 is 31.3. The molecule has 25 heavy (non-hydrogen) atoms. The van der Waals surface area contributed by atoms with E-state index in [1.807, 2.05) is 0 Å². The van der Waals surface area contributed by atoms with Crippen molar-refractivity contribution >= 4 is 33.2 Å². The molecule has 140 valence electrons. The number of rotatable bonds is 5. The molecule has 1 aliphatic heterocycles. The van der Waals surface area contributed by atoms with Crippen molar-refractivity contribution in [2.75, 3.05) is 50.9 Å². The fourth-order valence-electron chi connectivity index (χ4n) is 2.98. The third-order valence-electron chi connectivity index (χ3n) is 4.37. The molecule has 0 saturated carbocycles. The van der Waals surface area contributed by atoms with E-state index in [9.17, 15) is 13.2 Å². The molecule has 7 nitrogen and oxygen atoms in total. The molecule has 0 aromatic heterocycles. The summed E-state index contributed by atoms with van der Waals surface area (Å²) in [6.07, 6.45) is 1.07. The summed E-state index contributed by atoms with van der Waals surface area (Å²) in [5.74, 6) is 0.122. The van der Waals surface area contributed by atoms with Crippen LogP contribution < -0.4 is 13.9 Å². The highest BCUT2D eigenvalue weighted by Crippen LogP contribution is 2.34. The van der Waals surface area contributed by atoms with Crippen molar-refractivity contribution in [2.45, 2.75) is 13.0 Å². The molecule has 0 radical (unpaired) electrons. The normalized spacial score (nSPS) is 17.2. The number of nitrogens with one attached hydrogen (secondary N) is 1. The molecule has 2 rings (SSSR count). The maximum atomic E-state index is 12.9. The predicted molar refractivity (Wildman–Crippen MR) is 98.0 cm³/mol. The molecular formula is C16H25ClN3O4S+. The number of methoxy groups -OCH3 is 1. The fraction of sp³-hybridized carbons (Fsp3) is 0.562. The molecule has 1 N–H and O–H groups in total. The summed E-state index contributed by atoms with van der Waals surface area (Å²) >= 11 is 6.04. The summed E-state index contributed by atoms with van der Waals surface area (Å²) in [7, 11) is -0.197. The Morgan fingerprint density at radius 2 is 1.96 bits per heavy atom. The summed E-state index contributed by atoms with van der Waals surface area (Å²) in [6, 6.07) is 3.81. The number of nitrogens with zero attached hydrogens (tertiary/aromatic N) is 2. The first kappa shape index (κ1) is 19.8. The summed E-state index contributed by atoms with van der Waals surface area (Å²) in [5, 5.41) is 0.368. The van der Waals surface area contributed by atoms with E-state index in [0.29, 0.717) is 23.9 Å². The Morgan fingerprint density at radius 3 is 2.48 bits per heavy atom. The Balaban J connectivity index is 2.38. The second-order valence-corrected chi connectivity index (χ2v) is 8.63. The van der Waals surface area contributed by atoms with E-state index in [1.165, 1.54) is 18.1 Å². The second kappa shape index (κ2) is 7.80. The summed E-state index contributed by atoms with van der Waals surface area (Å²) in [5.41, 5.74) is 0.262. The molecule has 1 amide bonds. The van der Waals surface area contributed by atoms with Gasteiger partial charge in [-0.3, -0.25) is 9.10 Å². The van der Waals surface area contributed by atoms with Gasteiger partial charge in [-0.25, -0.2) is 8.42 Å². The van der Waals surface area contributed by atoms with Crippen LogP contribution >= 0.6 is 11.6 Å². The lowest BCUT2D eigenvalue weighted by Gasteiger charge is -2.35. The number of anilines is 1. The second-order valence-electron chi connectivity index (χ2n) is 6.33. The molecule has 0 bridgehead atoms. The van der Waals surface area contributed by atoms with E-state index < -0.39 is 16.1 Å². The largest absolute Gasteiger partial charge is 0.495 e. The van der Waals surface area contributed by atoms with Crippen LogP contribution in [0.15, 0.2) is 18.2 Å². The predicted octanol–water partition coefficient (Wildman–Crippen LogP) is -0.140. The van der Waals surface area contributed by atoms with Gasteiger partial charge in [0.25, 0.3) is 0 Å². The van der Waals surface area contributed by atoms with E-state index >= 15 is 0 Å². The zero-order valence-electron chi connectivity index (χ0n) is 15.0. The zero-order chi connectivity index (χ0) is 18.8. The van der Waals surface area contributed by atoms with Crippen LogP contribution in [-0.2, 0) is 14.8 Å². The molecule has 0 aliphatic carbocycles. The van der Waals surface area contributed by atoms with E-state index in [-0.39, 0.29) is 11.6 Å². The van der Waals surface area contributed by atoms with Gasteiger partial charge in [0.2, 0.25) is 15.9 Å². The standard InChI is InChI=1S/C16H24ClN3O4S/c1-12(16(21)19-9-7-18(2)8-10-19)20(25(4,22)23)14-11-13(17)5-6-15(14)24-3/h5-6,11-12H,7-10H2,1-4H3/p+1/t12-/m1/s1. The first-order valence-electron chi connectivity index (χ1n) is 8.08. The molecule has 0 unspecified atom stereocenters. The number of amides is 1. The van der Waals surface area contributed by atoms with Gasteiger partial charge in [0.1, 0.15) is 11.8 Å². The summed E-state index contributed by atoms with van der Waals surface area (Å²) in [6.45, 7) is 4.50. The van der Waals surface area contributed by atoms with Gasteiger partial charge in [-0.05, 0) is 25.1 Å². The van der Waals surface area contributed by atoms with Crippen LogP contribution in [0.5, 0.6) is 5.75 Å². The van der Waals surface area contributed by atoms with Gasteiger partial charge in [0.15, 0.2) is 0 Å². The topological polar surface area (TPSA) is 71.4 Å². The molecule has 1 atom stereocenters. The minimum absolute atomic E-state index is 0.222. The number of piperazine rings is 1. The Labute approximate surface area is 154 Å². The van der Waals surface area contributed by atoms with Gasteiger partial charge in [-0.15, -0.1) is 0 Å². The number of quaternary nitrogens is 1. The van der Waals surface area contributed by atoms with Crippen molar-refractivity contribution in [3.05, 3.63) is 23.2 Å². The molecule has 1 aromatic rings. The smallest absolute Gasteiger partial charge is 0.246 e. The monoisotopic (exact) mass is 390 g/mol. The third kappa shape index (κ3) is 4.56. The van der Waals surface area contributed by atoms with E-state index in [1.54, 1.807) is 24.0 Å². The molecule has 1 saturated heterocycles. The Bertz CT molecular complexity index is 733. The van der Waals surface area contributed by atoms with Gasteiger partial charge < -0.3 is 14.5 Å². The maximum absolute atomic E-state index is 12.9. The molecular weight excluding hydrogens is 366 g/mol. The molecule has 9 heteroatoms. The van der Waals surface area contributed by atoms with Crippen molar-refractivity contribution in [1.82, 2.24) is 4.90 Å². The number of carbonyl (C=O) groups is 1. The van der Waals surface area contributed by atoms with Crippen molar-refractivity contribution in [1.29, 1.82) is 0 Å². The number of likely N-dealkylation sites (N-methyl/N-ethyl adjacent to an activating group) is 1. The highest BCUT2D eigenvalue weighted by Gasteiger charge is 2.35. The average molecular weight is 391 g/mol. The quantitative estimate of drug-likeness (QED) is 0.759. The van der Waals surface area contributed by atoms with Crippen LogP contribution in [0.2, 0.25) is 5.02 Å². The molecule has 1 aromatic carbocycles. The van der Waals surface area contributed by atoms with Crippen molar-refractivity contribution in [2.24, 2.45) is 0 Å². The van der Waals surface area contributed by atoms with Gasteiger partial charge >= 0.3 is 0 Å². The van der Waals surface area contributed by atoms with Crippen molar-refractivity contribution < 1.29 is 22.8 Å². The lowest BCUT2D eigenvalue weighted by molar-refractivity contribution is -0.883. The Hall–Kier alpha value is -1.51. The van der Waals surface area contributed by atoms with Crippen molar-refractivity contribution in [3.8, 4) is 5.75 Å². The van der Waals surface area contributed by atoms with Crippen LogP contribution in [-0.4, -0.2) is 71.9 Å². The molecule has 1 heterocycles. The maximum Gasteiger partial charge on any atom is 0.246 e. The first-order chi connectivity index (χ1) is 11.6. The van der Waals surface area contributed by atoms with Gasteiger partial charge in [-0.2, -0.15) is 0 Å². The Kier molecular flexibility index (Phi) is 6.18. The van der Waals surface area contributed by atoms with Crippen LogP contribution in [0.25, 0.3) is 0 Å². The fourth-order valence-corrected chi connectivity index (χ4v) is 4.31. The average Bonchev–Trinajstić information content (AvgIpc) is 2.54. The number of halogens is 1. The lowest BCUT2D eigenvalue weighted by Crippen LogP contribution is -3.12. The molecule has 0 spiro atoms. The third-order valence-corrected chi connectivity index (χ3v) is 5.84. The van der Waals surface area contributed by atoms with Gasteiger partial charge in [-0.1, -0.05) is 11.6 Å². The highest BCUT2D eigenvalue weighted by atomic mass is 35.5. The number of carbonyl (C=O) groups excluding carboxylic acids is 1. The zero-order valence-corrected chi connectivity index (χ0v) is 16.5. The molecule has 1 fully saturated rings. The van der Waals surface area contributed by atoms with E-state index in [2.05, 4.69) is 7.05 Å². The Morgan fingerprint density at radius 1 is 1.36 bits per heavy atom. The van der Waals surface area contributed by atoms with Gasteiger partial charge in [0, 0.05) is 5.02 Å². The number of benzene rings is 1. The van der Waals surface area contributed by atoms with Crippen LogP contribution in [0.1, 0.15) is 6.92 Å². The van der Waals surface area contributed by atoms with E-state index in [0.717, 1.165) is 23.7 Å². The number of hydrogen-bond donors (Lipinski definition) is 1. The number of sulfonamides is 1. The molecule has 1 aliphatic rings. The minimum Gasteiger partial charge on any atom is -0.495 e. The van der Waals surface area contributed by atoms with Crippen LogP contribution in [0.4, 0.5) is 5.69 Å². The summed E-state index contributed by atoms with van der Waals surface area (Å²) in [4.78, 5) is 16.0. The highest BCUT2D eigenvalue weighted by molar-refractivity contribution is 7.92. The van der Waals surface area contributed by atoms with E-state index in [4.69, 9.17) is 16.3 Å². The van der Waals surface area contributed by atoms with Crippen LogP contribution in [0.3, 0.4) is 0 Å². The number of hydrogen-bond acceptors (Lipinski definition) is 4.